The maximum Gasteiger partial charge on any atom is 0.133 e. The molecule has 1 aromatic heterocycles. The number of anilines is 1. The Morgan fingerprint density at radius 3 is 3.10 bits per heavy atom. The van der Waals surface area contributed by atoms with Gasteiger partial charge in [-0.15, -0.1) is 0 Å². The number of methoxy groups -OCH3 is 1. The van der Waals surface area contributed by atoms with Gasteiger partial charge in [-0.2, -0.15) is 11.8 Å². The van der Waals surface area contributed by atoms with Crippen LogP contribution in [-0.4, -0.2) is 29.6 Å². The van der Waals surface area contributed by atoms with Gasteiger partial charge in [-0.25, -0.2) is 4.98 Å². The van der Waals surface area contributed by atoms with Crippen molar-refractivity contribution in [3.05, 3.63) is 30.5 Å². The summed E-state index contributed by atoms with van der Waals surface area (Å²) < 4.78 is 5.31. The molecule has 3 nitrogen and oxygen atoms in total. The molecule has 2 aromatic rings. The van der Waals surface area contributed by atoms with Crippen molar-refractivity contribution in [3.8, 4) is 5.75 Å². The molecule has 3 rings (SSSR count). The van der Waals surface area contributed by atoms with Crippen LogP contribution in [0.5, 0.6) is 5.75 Å². The number of nitrogens with zero attached hydrogens (tertiary/aromatic N) is 1. The molecule has 1 unspecified atom stereocenters. The second kappa shape index (κ2) is 6.35. The Balaban J connectivity index is 1.79. The van der Waals surface area contributed by atoms with Crippen molar-refractivity contribution in [1.82, 2.24) is 4.98 Å². The minimum Gasteiger partial charge on any atom is -0.497 e. The van der Waals surface area contributed by atoms with Gasteiger partial charge in [-0.3, -0.25) is 0 Å². The second-order valence-electron chi connectivity index (χ2n) is 5.12. The molecule has 1 aromatic carbocycles. The van der Waals surface area contributed by atoms with Crippen LogP contribution in [0.15, 0.2) is 30.5 Å². The van der Waals surface area contributed by atoms with Gasteiger partial charge in [0.25, 0.3) is 0 Å². The van der Waals surface area contributed by atoms with Crippen molar-refractivity contribution in [2.75, 3.05) is 24.7 Å². The third-order valence-electron chi connectivity index (χ3n) is 3.74. The zero-order valence-electron chi connectivity index (χ0n) is 11.8. The zero-order valence-corrected chi connectivity index (χ0v) is 12.6. The van der Waals surface area contributed by atoms with E-state index in [4.69, 9.17) is 4.74 Å². The number of rotatable bonds is 4. The van der Waals surface area contributed by atoms with E-state index in [1.165, 1.54) is 30.4 Å². The molecule has 0 aliphatic carbocycles. The molecule has 106 valence electrons. The van der Waals surface area contributed by atoms with Gasteiger partial charge in [0.2, 0.25) is 0 Å². The molecule has 1 aliphatic rings. The fraction of sp³-hybridized carbons (Fsp3) is 0.438. The van der Waals surface area contributed by atoms with Gasteiger partial charge in [0.1, 0.15) is 11.6 Å². The highest BCUT2D eigenvalue weighted by molar-refractivity contribution is 7.99. The first-order valence-electron chi connectivity index (χ1n) is 7.15. The lowest BCUT2D eigenvalue weighted by molar-refractivity contribution is 0.415. The molecule has 20 heavy (non-hydrogen) atoms. The van der Waals surface area contributed by atoms with E-state index in [1.807, 2.05) is 18.3 Å². The molecule has 1 atom stereocenters. The summed E-state index contributed by atoms with van der Waals surface area (Å²) in [6, 6.07) is 8.16. The number of nitrogens with one attached hydrogen (secondary N) is 1. The number of thioether (sulfide) groups is 1. The Labute approximate surface area is 124 Å². The number of pyridine rings is 1. The Morgan fingerprint density at radius 2 is 2.30 bits per heavy atom. The second-order valence-corrected chi connectivity index (χ2v) is 6.52. The summed E-state index contributed by atoms with van der Waals surface area (Å²) >= 11 is 2.08. The summed E-state index contributed by atoms with van der Waals surface area (Å²) in [5.74, 6) is 3.14. The summed E-state index contributed by atoms with van der Waals surface area (Å²) in [6.45, 7) is 0.994. The molecular formula is C16H20N2OS. The molecular weight excluding hydrogens is 268 g/mol. The molecule has 0 spiro atoms. The molecule has 0 radical (unpaired) electrons. The van der Waals surface area contributed by atoms with Crippen LogP contribution in [0.2, 0.25) is 0 Å². The van der Waals surface area contributed by atoms with Crippen molar-refractivity contribution in [2.45, 2.75) is 24.5 Å². The topological polar surface area (TPSA) is 34.1 Å². The number of aromatic nitrogens is 1. The lowest BCUT2D eigenvalue weighted by Gasteiger charge is -2.22. The average molecular weight is 288 g/mol. The lowest BCUT2D eigenvalue weighted by atomic mass is 10.1. The Kier molecular flexibility index (Phi) is 4.31. The van der Waals surface area contributed by atoms with Crippen LogP contribution in [0.4, 0.5) is 5.82 Å². The van der Waals surface area contributed by atoms with Gasteiger partial charge < -0.3 is 10.1 Å². The molecule has 0 amide bonds. The SMILES string of the molecule is COc1ccc2ccnc(NCC3CCCCS3)c2c1. The molecule has 0 saturated carbocycles. The van der Waals surface area contributed by atoms with E-state index < -0.39 is 0 Å². The van der Waals surface area contributed by atoms with Crippen LogP contribution in [0.1, 0.15) is 19.3 Å². The number of benzene rings is 1. The van der Waals surface area contributed by atoms with Crippen LogP contribution in [-0.2, 0) is 0 Å². The van der Waals surface area contributed by atoms with Gasteiger partial charge in [0.05, 0.1) is 7.11 Å². The monoisotopic (exact) mass is 288 g/mol. The fourth-order valence-corrected chi connectivity index (χ4v) is 3.83. The standard InChI is InChI=1S/C16H20N2OS/c1-19-13-6-5-12-7-8-17-16(15(12)10-13)18-11-14-4-2-3-9-20-14/h5-8,10,14H,2-4,9,11H2,1H3,(H,17,18). The van der Waals surface area contributed by atoms with E-state index in [0.717, 1.165) is 23.5 Å². The number of hydrogen-bond donors (Lipinski definition) is 1. The maximum absolute atomic E-state index is 5.31. The first-order chi connectivity index (χ1) is 9.86. The summed E-state index contributed by atoms with van der Waals surface area (Å²) in [5.41, 5.74) is 0. The largest absolute Gasteiger partial charge is 0.497 e. The fourth-order valence-electron chi connectivity index (χ4n) is 2.59. The number of ether oxygens (including phenoxy) is 1. The quantitative estimate of drug-likeness (QED) is 0.924. The molecule has 1 N–H and O–H groups in total. The Morgan fingerprint density at radius 1 is 1.35 bits per heavy atom. The van der Waals surface area contributed by atoms with E-state index in [2.05, 4.69) is 34.2 Å². The van der Waals surface area contributed by atoms with E-state index in [-0.39, 0.29) is 0 Å². The van der Waals surface area contributed by atoms with Crippen LogP contribution in [0, 0.1) is 0 Å². The van der Waals surface area contributed by atoms with Gasteiger partial charge in [-0.1, -0.05) is 12.5 Å². The van der Waals surface area contributed by atoms with E-state index in [9.17, 15) is 0 Å². The number of fused-ring (bicyclic) bond motifs is 1. The van der Waals surface area contributed by atoms with Gasteiger partial charge >= 0.3 is 0 Å². The Hall–Kier alpha value is -1.42. The van der Waals surface area contributed by atoms with Crippen molar-refractivity contribution in [3.63, 3.8) is 0 Å². The highest BCUT2D eigenvalue weighted by atomic mass is 32.2. The van der Waals surface area contributed by atoms with Gasteiger partial charge in [-0.05, 0) is 42.2 Å². The number of hydrogen-bond acceptors (Lipinski definition) is 4. The van der Waals surface area contributed by atoms with Crippen LogP contribution >= 0.6 is 11.8 Å². The average Bonchev–Trinajstić information content (AvgIpc) is 2.53. The van der Waals surface area contributed by atoms with Gasteiger partial charge in [0, 0.05) is 23.4 Å². The summed E-state index contributed by atoms with van der Waals surface area (Å²) in [6.07, 6.45) is 5.90. The van der Waals surface area contributed by atoms with E-state index in [1.54, 1.807) is 7.11 Å². The Bertz CT molecular complexity index is 582. The van der Waals surface area contributed by atoms with Crippen LogP contribution in [0.25, 0.3) is 10.8 Å². The summed E-state index contributed by atoms with van der Waals surface area (Å²) in [4.78, 5) is 4.49. The lowest BCUT2D eigenvalue weighted by Crippen LogP contribution is -2.20. The van der Waals surface area contributed by atoms with E-state index in [0.29, 0.717) is 5.25 Å². The minimum atomic E-state index is 0.714. The third-order valence-corrected chi connectivity index (χ3v) is 5.14. The molecule has 2 heterocycles. The smallest absolute Gasteiger partial charge is 0.133 e. The maximum atomic E-state index is 5.31. The van der Waals surface area contributed by atoms with Crippen molar-refractivity contribution in [2.24, 2.45) is 0 Å². The summed E-state index contributed by atoms with van der Waals surface area (Å²) in [5, 5.41) is 6.56. The van der Waals surface area contributed by atoms with Crippen molar-refractivity contribution >= 4 is 28.4 Å². The van der Waals surface area contributed by atoms with Crippen LogP contribution in [0.3, 0.4) is 0 Å². The molecule has 0 bridgehead atoms. The predicted molar refractivity (Wildman–Crippen MR) is 86.9 cm³/mol. The highest BCUT2D eigenvalue weighted by Crippen LogP contribution is 2.28. The van der Waals surface area contributed by atoms with Gasteiger partial charge in [0.15, 0.2) is 0 Å². The first kappa shape index (κ1) is 13.6. The zero-order chi connectivity index (χ0) is 13.8. The summed E-state index contributed by atoms with van der Waals surface area (Å²) in [7, 11) is 1.70. The van der Waals surface area contributed by atoms with Crippen molar-refractivity contribution < 1.29 is 4.74 Å². The molecule has 4 heteroatoms. The molecule has 1 fully saturated rings. The predicted octanol–water partition coefficient (Wildman–Crippen LogP) is 3.94. The highest BCUT2D eigenvalue weighted by Gasteiger charge is 2.14. The normalized spacial score (nSPS) is 18.9. The minimum absolute atomic E-state index is 0.714. The molecule has 1 saturated heterocycles. The van der Waals surface area contributed by atoms with E-state index >= 15 is 0 Å². The third kappa shape index (κ3) is 3.01. The van der Waals surface area contributed by atoms with Crippen LogP contribution < -0.4 is 10.1 Å². The molecule has 1 aliphatic heterocycles. The first-order valence-corrected chi connectivity index (χ1v) is 8.20. The van der Waals surface area contributed by atoms with Crippen molar-refractivity contribution in [1.29, 1.82) is 0 Å².